The van der Waals surface area contributed by atoms with Gasteiger partial charge >= 0.3 is 5.97 Å². The van der Waals surface area contributed by atoms with Crippen molar-refractivity contribution >= 4 is 27.4 Å². The zero-order valence-corrected chi connectivity index (χ0v) is 14.1. The Morgan fingerprint density at radius 3 is 2.08 bits per heavy atom. The van der Waals surface area contributed by atoms with Crippen LogP contribution in [-0.4, -0.2) is 26.6 Å². The molecular formula is C17H17NO5S. The van der Waals surface area contributed by atoms with Crippen LogP contribution in [0.3, 0.4) is 0 Å². The summed E-state index contributed by atoms with van der Waals surface area (Å²) in [5.74, 6) is -0.351. The number of carbonyl (C=O) groups is 2. The van der Waals surface area contributed by atoms with Gasteiger partial charge < -0.3 is 10.1 Å². The van der Waals surface area contributed by atoms with Crippen molar-refractivity contribution in [1.29, 1.82) is 0 Å². The second-order valence-corrected chi connectivity index (χ2v) is 7.29. The van der Waals surface area contributed by atoms with E-state index in [-0.39, 0.29) is 23.0 Å². The van der Waals surface area contributed by atoms with Crippen LogP contribution in [0.2, 0.25) is 0 Å². The van der Waals surface area contributed by atoms with Gasteiger partial charge in [0, 0.05) is 18.9 Å². The van der Waals surface area contributed by atoms with Crippen LogP contribution in [0.5, 0.6) is 5.75 Å². The Kier molecular flexibility index (Phi) is 5.35. The molecule has 0 bridgehead atoms. The summed E-state index contributed by atoms with van der Waals surface area (Å²) in [5.41, 5.74) is 1.39. The van der Waals surface area contributed by atoms with E-state index in [0.717, 1.165) is 11.8 Å². The van der Waals surface area contributed by atoms with Crippen molar-refractivity contribution in [3.63, 3.8) is 0 Å². The van der Waals surface area contributed by atoms with Gasteiger partial charge in [0.05, 0.1) is 11.3 Å². The van der Waals surface area contributed by atoms with Crippen molar-refractivity contribution < 1.29 is 22.7 Å². The van der Waals surface area contributed by atoms with Crippen molar-refractivity contribution in [3.05, 3.63) is 54.1 Å². The largest absolute Gasteiger partial charge is 0.426 e. The molecule has 7 heteroatoms. The maximum absolute atomic E-state index is 11.9. The minimum absolute atomic E-state index is 0.0637. The van der Waals surface area contributed by atoms with Crippen LogP contribution in [-0.2, 0) is 25.8 Å². The normalized spacial score (nSPS) is 10.9. The average molecular weight is 347 g/mol. The first kappa shape index (κ1) is 17.7. The highest BCUT2D eigenvalue weighted by molar-refractivity contribution is 7.90. The van der Waals surface area contributed by atoms with Crippen LogP contribution < -0.4 is 10.1 Å². The minimum atomic E-state index is -3.28. The standard InChI is InChI=1S/C17H17NO5S/c1-12(19)18-14-5-3-13(4-6-14)11-17(20)23-15-7-9-16(10-8-15)24(2,21)22/h3-10H,11H2,1-2H3,(H,18,19). The zero-order valence-electron chi connectivity index (χ0n) is 13.3. The molecule has 0 aliphatic heterocycles. The van der Waals surface area contributed by atoms with E-state index < -0.39 is 15.8 Å². The third-order valence-electron chi connectivity index (χ3n) is 3.11. The molecule has 24 heavy (non-hydrogen) atoms. The monoisotopic (exact) mass is 347 g/mol. The lowest BCUT2D eigenvalue weighted by Crippen LogP contribution is -2.11. The number of rotatable bonds is 5. The van der Waals surface area contributed by atoms with E-state index in [4.69, 9.17) is 4.74 Å². The molecular weight excluding hydrogens is 330 g/mol. The van der Waals surface area contributed by atoms with Crippen LogP contribution in [0.15, 0.2) is 53.4 Å². The Morgan fingerprint density at radius 2 is 1.58 bits per heavy atom. The molecule has 2 rings (SSSR count). The van der Waals surface area contributed by atoms with Gasteiger partial charge in [0.25, 0.3) is 0 Å². The van der Waals surface area contributed by atoms with Gasteiger partial charge in [-0.25, -0.2) is 8.42 Å². The van der Waals surface area contributed by atoms with E-state index in [1.165, 1.54) is 31.2 Å². The lowest BCUT2D eigenvalue weighted by Gasteiger charge is -2.06. The number of hydrogen-bond acceptors (Lipinski definition) is 5. The molecule has 0 fully saturated rings. The molecule has 2 aromatic rings. The van der Waals surface area contributed by atoms with Crippen LogP contribution in [0.25, 0.3) is 0 Å². The van der Waals surface area contributed by atoms with Crippen molar-refractivity contribution in [3.8, 4) is 5.75 Å². The van der Waals surface area contributed by atoms with Crippen LogP contribution >= 0.6 is 0 Å². The number of nitrogens with one attached hydrogen (secondary N) is 1. The Morgan fingerprint density at radius 1 is 1.00 bits per heavy atom. The van der Waals surface area contributed by atoms with Gasteiger partial charge in [-0.15, -0.1) is 0 Å². The van der Waals surface area contributed by atoms with E-state index in [9.17, 15) is 18.0 Å². The molecule has 0 saturated carbocycles. The third kappa shape index (κ3) is 5.20. The van der Waals surface area contributed by atoms with Crippen molar-refractivity contribution in [2.24, 2.45) is 0 Å². The number of carbonyl (C=O) groups excluding carboxylic acids is 2. The van der Waals surface area contributed by atoms with E-state index in [2.05, 4.69) is 5.32 Å². The molecule has 0 radical (unpaired) electrons. The van der Waals surface area contributed by atoms with Gasteiger partial charge in [0.15, 0.2) is 9.84 Å². The summed E-state index contributed by atoms with van der Waals surface area (Å²) < 4.78 is 27.9. The van der Waals surface area contributed by atoms with Crippen molar-refractivity contribution in [1.82, 2.24) is 0 Å². The third-order valence-corrected chi connectivity index (χ3v) is 4.23. The molecule has 0 heterocycles. The lowest BCUT2D eigenvalue weighted by atomic mass is 10.1. The van der Waals surface area contributed by atoms with Gasteiger partial charge in [-0.05, 0) is 42.0 Å². The summed E-state index contributed by atoms with van der Waals surface area (Å²) in [7, 11) is -3.28. The van der Waals surface area contributed by atoms with E-state index in [0.29, 0.717) is 5.69 Å². The van der Waals surface area contributed by atoms with Gasteiger partial charge in [-0.2, -0.15) is 0 Å². The summed E-state index contributed by atoms with van der Waals surface area (Å²) >= 11 is 0. The smallest absolute Gasteiger partial charge is 0.315 e. The molecule has 0 unspecified atom stereocenters. The Labute approximate surface area is 140 Å². The second-order valence-electron chi connectivity index (χ2n) is 5.27. The quantitative estimate of drug-likeness (QED) is 0.661. The summed E-state index contributed by atoms with van der Waals surface area (Å²) in [6.45, 7) is 1.42. The molecule has 1 amide bonds. The van der Waals surface area contributed by atoms with Crippen molar-refractivity contribution in [2.75, 3.05) is 11.6 Å². The molecule has 1 N–H and O–H groups in total. The zero-order chi connectivity index (χ0) is 17.7. The number of esters is 1. The predicted molar refractivity (Wildman–Crippen MR) is 89.6 cm³/mol. The van der Waals surface area contributed by atoms with Gasteiger partial charge in [-0.1, -0.05) is 12.1 Å². The molecule has 0 spiro atoms. The molecule has 6 nitrogen and oxygen atoms in total. The summed E-state index contributed by atoms with van der Waals surface area (Å²) in [6, 6.07) is 12.5. The van der Waals surface area contributed by atoms with Gasteiger partial charge in [-0.3, -0.25) is 9.59 Å². The van der Waals surface area contributed by atoms with Gasteiger partial charge in [0.2, 0.25) is 5.91 Å². The minimum Gasteiger partial charge on any atom is -0.426 e. The molecule has 0 atom stereocenters. The number of amides is 1. The maximum atomic E-state index is 11.9. The van der Waals surface area contributed by atoms with Gasteiger partial charge in [0.1, 0.15) is 5.75 Å². The molecule has 126 valence electrons. The van der Waals surface area contributed by atoms with E-state index in [1.807, 2.05) is 0 Å². The van der Waals surface area contributed by atoms with E-state index in [1.54, 1.807) is 24.3 Å². The first-order chi connectivity index (χ1) is 11.2. The topological polar surface area (TPSA) is 89.5 Å². The summed E-state index contributed by atoms with van der Waals surface area (Å²) in [6.07, 6.45) is 1.17. The summed E-state index contributed by atoms with van der Waals surface area (Å²) in [5, 5.41) is 2.64. The Balaban J connectivity index is 1.96. The second kappa shape index (κ2) is 7.27. The predicted octanol–water partition coefficient (Wildman–Crippen LogP) is 2.20. The molecule has 0 aromatic heterocycles. The van der Waals surface area contributed by atoms with E-state index >= 15 is 0 Å². The number of hydrogen-bond donors (Lipinski definition) is 1. The Bertz CT molecular complexity index is 840. The number of anilines is 1. The number of ether oxygens (including phenoxy) is 1. The maximum Gasteiger partial charge on any atom is 0.315 e. The number of benzene rings is 2. The van der Waals surface area contributed by atoms with Crippen LogP contribution in [0.1, 0.15) is 12.5 Å². The highest BCUT2D eigenvalue weighted by atomic mass is 32.2. The van der Waals surface area contributed by atoms with Crippen LogP contribution in [0, 0.1) is 0 Å². The average Bonchev–Trinajstić information content (AvgIpc) is 2.48. The molecule has 0 aliphatic carbocycles. The first-order valence-corrected chi connectivity index (χ1v) is 9.00. The summed E-state index contributed by atoms with van der Waals surface area (Å²) in [4.78, 5) is 23.0. The first-order valence-electron chi connectivity index (χ1n) is 7.11. The number of sulfone groups is 1. The fourth-order valence-corrected chi connectivity index (χ4v) is 2.63. The SMILES string of the molecule is CC(=O)Nc1ccc(CC(=O)Oc2ccc(S(C)(=O)=O)cc2)cc1. The highest BCUT2D eigenvalue weighted by Gasteiger charge is 2.10. The molecule has 0 aliphatic rings. The highest BCUT2D eigenvalue weighted by Crippen LogP contribution is 2.17. The van der Waals surface area contributed by atoms with Crippen LogP contribution in [0.4, 0.5) is 5.69 Å². The Hall–Kier alpha value is -2.67. The lowest BCUT2D eigenvalue weighted by molar-refractivity contribution is -0.133. The fraction of sp³-hybridized carbons (Fsp3) is 0.176. The molecule has 0 saturated heterocycles. The fourth-order valence-electron chi connectivity index (χ4n) is 2.00. The molecule has 2 aromatic carbocycles. The van der Waals surface area contributed by atoms with Crippen molar-refractivity contribution in [2.45, 2.75) is 18.2 Å².